The van der Waals surface area contributed by atoms with Crippen LogP contribution in [-0.4, -0.2) is 35.6 Å². The lowest BCUT2D eigenvalue weighted by Gasteiger charge is -1.98. The van der Waals surface area contributed by atoms with Crippen molar-refractivity contribution in [3.05, 3.63) is 24.0 Å². The number of alkyl halides is 1. The van der Waals surface area contributed by atoms with Gasteiger partial charge in [-0.2, -0.15) is 0 Å². The van der Waals surface area contributed by atoms with Crippen LogP contribution in [0.1, 0.15) is 17.9 Å². The Balaban J connectivity index is 2.00. The number of hydrogen-bond donors (Lipinski definition) is 0. The van der Waals surface area contributed by atoms with Crippen molar-refractivity contribution >= 4 is 11.6 Å². The molecule has 0 atom stereocenters. The average molecular weight is 241 g/mol. The van der Waals surface area contributed by atoms with Gasteiger partial charge in [-0.25, -0.2) is 4.68 Å². The lowest BCUT2D eigenvalue weighted by atomic mass is 10.3. The van der Waals surface area contributed by atoms with Crippen molar-refractivity contribution in [1.29, 1.82) is 0 Å². The van der Waals surface area contributed by atoms with Gasteiger partial charge in [0, 0.05) is 19.1 Å². The summed E-state index contributed by atoms with van der Waals surface area (Å²) in [6, 6.07) is 0. The first kappa shape index (κ1) is 11.1. The van der Waals surface area contributed by atoms with Crippen LogP contribution in [-0.2, 0) is 20.0 Å². The number of aromatic nitrogens is 6. The molecule has 2 heterocycles. The van der Waals surface area contributed by atoms with Crippen molar-refractivity contribution in [3.8, 4) is 0 Å². The molecule has 0 unspecified atom stereocenters. The molecule has 2 aromatic heterocycles. The molecule has 0 bridgehead atoms. The molecule has 0 saturated heterocycles. The molecule has 0 aliphatic carbocycles. The van der Waals surface area contributed by atoms with Gasteiger partial charge in [0.05, 0.1) is 5.69 Å². The Morgan fingerprint density at radius 3 is 2.94 bits per heavy atom. The molecular formula is C9H13ClN6. The molecule has 0 amide bonds. The van der Waals surface area contributed by atoms with Crippen LogP contribution in [0.15, 0.2) is 12.5 Å². The highest BCUT2D eigenvalue weighted by molar-refractivity contribution is 6.17. The molecule has 16 heavy (non-hydrogen) atoms. The van der Waals surface area contributed by atoms with Crippen molar-refractivity contribution in [2.75, 3.05) is 5.88 Å². The molecule has 2 aromatic rings. The molecule has 86 valence electrons. The minimum absolute atomic E-state index is 0.588. The predicted molar refractivity (Wildman–Crippen MR) is 59.2 cm³/mol. The normalized spacial score (nSPS) is 10.9. The number of nitrogens with zero attached hydrogens (tertiary/aromatic N) is 6. The third kappa shape index (κ3) is 2.57. The van der Waals surface area contributed by atoms with E-state index in [-0.39, 0.29) is 0 Å². The highest BCUT2D eigenvalue weighted by Gasteiger charge is 2.04. The van der Waals surface area contributed by atoms with Crippen molar-refractivity contribution in [1.82, 2.24) is 29.8 Å². The van der Waals surface area contributed by atoms with Gasteiger partial charge in [-0.05, 0) is 12.8 Å². The second-order valence-electron chi connectivity index (χ2n) is 3.56. The summed E-state index contributed by atoms with van der Waals surface area (Å²) in [6.07, 6.45) is 5.37. The summed E-state index contributed by atoms with van der Waals surface area (Å²) in [7, 11) is 1.90. The van der Waals surface area contributed by atoms with E-state index in [0.29, 0.717) is 12.4 Å². The average Bonchev–Trinajstić information content (AvgIpc) is 2.87. The van der Waals surface area contributed by atoms with Gasteiger partial charge >= 0.3 is 0 Å². The third-order valence-electron chi connectivity index (χ3n) is 2.26. The van der Waals surface area contributed by atoms with E-state index in [1.165, 1.54) is 0 Å². The smallest absolute Gasteiger partial charge is 0.154 e. The van der Waals surface area contributed by atoms with E-state index in [2.05, 4.69) is 20.5 Å². The summed E-state index contributed by atoms with van der Waals surface area (Å²) in [4.78, 5) is 0. The monoisotopic (exact) mass is 240 g/mol. The second kappa shape index (κ2) is 5.07. The van der Waals surface area contributed by atoms with E-state index in [4.69, 9.17) is 11.6 Å². The van der Waals surface area contributed by atoms with E-state index in [0.717, 1.165) is 24.4 Å². The topological polar surface area (TPSA) is 61.4 Å². The van der Waals surface area contributed by atoms with Crippen LogP contribution in [0.4, 0.5) is 0 Å². The summed E-state index contributed by atoms with van der Waals surface area (Å²) >= 11 is 5.62. The Kier molecular flexibility index (Phi) is 3.51. The Hall–Kier alpha value is -1.43. The van der Waals surface area contributed by atoms with Crippen molar-refractivity contribution < 1.29 is 0 Å². The van der Waals surface area contributed by atoms with Crippen LogP contribution in [0.2, 0.25) is 0 Å². The quantitative estimate of drug-likeness (QED) is 0.719. The molecule has 6 nitrogen and oxygen atoms in total. The summed E-state index contributed by atoms with van der Waals surface area (Å²) < 4.78 is 3.62. The first-order valence-corrected chi connectivity index (χ1v) is 5.61. The number of rotatable bonds is 5. The second-order valence-corrected chi connectivity index (χ2v) is 3.94. The third-order valence-corrected chi connectivity index (χ3v) is 2.53. The maximum Gasteiger partial charge on any atom is 0.154 e. The van der Waals surface area contributed by atoms with Crippen LogP contribution >= 0.6 is 11.6 Å². The van der Waals surface area contributed by atoms with Crippen molar-refractivity contribution in [2.45, 2.75) is 19.4 Å². The molecule has 0 aromatic carbocycles. The number of aryl methyl sites for hydroxylation is 2. The van der Waals surface area contributed by atoms with Crippen LogP contribution in [0, 0.1) is 0 Å². The molecule has 0 spiro atoms. The van der Waals surface area contributed by atoms with Crippen LogP contribution in [0.3, 0.4) is 0 Å². The zero-order valence-corrected chi connectivity index (χ0v) is 9.80. The number of hydrogen-bond acceptors (Lipinski definition) is 4. The van der Waals surface area contributed by atoms with Gasteiger partial charge in [0.2, 0.25) is 0 Å². The molecule has 0 aliphatic rings. The van der Waals surface area contributed by atoms with Crippen LogP contribution in [0.25, 0.3) is 0 Å². The molecule has 0 saturated carbocycles. The highest BCUT2D eigenvalue weighted by Crippen LogP contribution is 2.01. The minimum atomic E-state index is 0.588. The van der Waals surface area contributed by atoms with E-state index in [1.54, 1.807) is 11.0 Å². The van der Waals surface area contributed by atoms with Crippen molar-refractivity contribution in [2.24, 2.45) is 7.05 Å². The SMILES string of the molecule is Cn1cnnc1Cn1cc(CCCCl)nn1. The van der Waals surface area contributed by atoms with Gasteiger partial charge in [0.15, 0.2) is 5.82 Å². The number of halogens is 1. The predicted octanol–water partition coefficient (Wildman–Crippen LogP) is 0.626. The largest absolute Gasteiger partial charge is 0.319 e. The summed E-state index contributed by atoms with van der Waals surface area (Å²) in [5.41, 5.74) is 0.961. The summed E-state index contributed by atoms with van der Waals surface area (Å²) in [6.45, 7) is 0.588. The fraction of sp³-hybridized carbons (Fsp3) is 0.556. The van der Waals surface area contributed by atoms with E-state index >= 15 is 0 Å². The zero-order valence-electron chi connectivity index (χ0n) is 9.04. The van der Waals surface area contributed by atoms with Crippen LogP contribution < -0.4 is 0 Å². The standard InChI is InChI=1S/C9H13ClN6/c1-15-7-11-13-9(15)6-16-5-8(12-14-16)3-2-4-10/h5,7H,2-4,6H2,1H3. The van der Waals surface area contributed by atoms with Gasteiger partial charge < -0.3 is 4.57 Å². The maximum absolute atomic E-state index is 5.62. The summed E-state index contributed by atoms with van der Waals surface area (Å²) in [5.74, 6) is 1.50. The fourth-order valence-corrected chi connectivity index (χ4v) is 1.51. The first-order valence-electron chi connectivity index (χ1n) is 5.07. The Morgan fingerprint density at radius 1 is 1.38 bits per heavy atom. The van der Waals surface area contributed by atoms with E-state index < -0.39 is 0 Å². The van der Waals surface area contributed by atoms with Gasteiger partial charge in [-0.1, -0.05) is 5.21 Å². The lowest BCUT2D eigenvalue weighted by Crippen LogP contribution is -2.06. The Labute approximate surface area is 98.2 Å². The summed E-state index contributed by atoms with van der Waals surface area (Å²) in [5, 5.41) is 15.9. The molecule has 7 heteroatoms. The minimum Gasteiger partial charge on any atom is -0.319 e. The molecule has 0 fully saturated rings. The molecule has 0 radical (unpaired) electrons. The highest BCUT2D eigenvalue weighted by atomic mass is 35.5. The van der Waals surface area contributed by atoms with E-state index in [1.807, 2.05) is 17.8 Å². The lowest BCUT2D eigenvalue weighted by molar-refractivity contribution is 0.605. The van der Waals surface area contributed by atoms with Crippen LogP contribution in [0.5, 0.6) is 0 Å². The van der Waals surface area contributed by atoms with Gasteiger partial charge in [-0.15, -0.1) is 26.9 Å². The Morgan fingerprint density at radius 2 is 2.25 bits per heavy atom. The maximum atomic E-state index is 5.62. The molecule has 0 N–H and O–H groups in total. The molecular weight excluding hydrogens is 228 g/mol. The van der Waals surface area contributed by atoms with Gasteiger partial charge in [0.25, 0.3) is 0 Å². The first-order chi connectivity index (χ1) is 7.79. The zero-order chi connectivity index (χ0) is 11.4. The molecule has 2 rings (SSSR count). The van der Waals surface area contributed by atoms with E-state index in [9.17, 15) is 0 Å². The van der Waals surface area contributed by atoms with Gasteiger partial charge in [-0.3, -0.25) is 0 Å². The fourth-order valence-electron chi connectivity index (χ4n) is 1.37. The van der Waals surface area contributed by atoms with Gasteiger partial charge in [0.1, 0.15) is 12.9 Å². The Bertz CT molecular complexity index is 448. The molecule has 0 aliphatic heterocycles. The van der Waals surface area contributed by atoms with Crippen molar-refractivity contribution in [3.63, 3.8) is 0 Å².